The fourth-order valence-corrected chi connectivity index (χ4v) is 3.75. The van der Waals surface area contributed by atoms with Gasteiger partial charge in [0, 0.05) is 24.3 Å². The van der Waals surface area contributed by atoms with Crippen molar-refractivity contribution in [2.75, 3.05) is 7.11 Å². The average molecular weight is 386 g/mol. The first-order valence-corrected chi connectivity index (χ1v) is 9.65. The minimum atomic E-state index is -0.354. The van der Waals surface area contributed by atoms with Crippen LogP contribution >= 0.6 is 0 Å². The zero-order valence-electron chi connectivity index (χ0n) is 18.3. The fourth-order valence-electron chi connectivity index (χ4n) is 3.75. The molecule has 1 atom stereocenters. The van der Waals surface area contributed by atoms with E-state index in [-0.39, 0.29) is 30.5 Å². The van der Waals surface area contributed by atoms with Crippen molar-refractivity contribution in [2.45, 2.75) is 73.6 Å². The molecule has 5 heteroatoms. The second-order valence-corrected chi connectivity index (χ2v) is 7.75. The summed E-state index contributed by atoms with van der Waals surface area (Å²) in [5, 5.41) is 4.10. The molecular formula is C23H31NO4. The van der Waals surface area contributed by atoms with Crippen LogP contribution in [0.3, 0.4) is 0 Å². The lowest BCUT2D eigenvalue weighted by Gasteiger charge is -2.19. The normalized spacial score (nSPS) is 12.1. The Hall–Kier alpha value is -2.43. The fraction of sp³-hybridized carbons (Fsp3) is 0.522. The number of ether oxygens (including phenoxy) is 1. The van der Waals surface area contributed by atoms with E-state index in [0.29, 0.717) is 17.9 Å². The third-order valence-electron chi connectivity index (χ3n) is 6.22. The summed E-state index contributed by atoms with van der Waals surface area (Å²) in [7, 11) is 1.35. The van der Waals surface area contributed by atoms with Gasteiger partial charge < -0.3 is 9.26 Å². The van der Waals surface area contributed by atoms with Gasteiger partial charge in [0.1, 0.15) is 11.5 Å². The molecule has 0 aliphatic heterocycles. The van der Waals surface area contributed by atoms with Gasteiger partial charge in [-0.15, -0.1) is 0 Å². The van der Waals surface area contributed by atoms with E-state index in [1.54, 1.807) is 0 Å². The van der Waals surface area contributed by atoms with Gasteiger partial charge in [-0.25, -0.2) is 0 Å². The molecule has 0 saturated heterocycles. The maximum absolute atomic E-state index is 13.0. The Labute approximate surface area is 167 Å². The van der Waals surface area contributed by atoms with Gasteiger partial charge in [0.2, 0.25) is 0 Å². The van der Waals surface area contributed by atoms with E-state index in [0.717, 1.165) is 11.1 Å². The molecule has 1 aromatic carbocycles. The third kappa shape index (κ3) is 4.34. The Balaban J connectivity index is 2.30. The Kier molecular flexibility index (Phi) is 6.81. The van der Waals surface area contributed by atoms with E-state index >= 15 is 0 Å². The number of hydrogen-bond donors (Lipinski definition) is 0. The number of rotatable bonds is 7. The molecule has 0 aliphatic carbocycles. The van der Waals surface area contributed by atoms with Crippen LogP contribution in [0.1, 0.15) is 69.2 Å². The monoisotopic (exact) mass is 385 g/mol. The van der Waals surface area contributed by atoms with Crippen LogP contribution < -0.4 is 0 Å². The van der Waals surface area contributed by atoms with Crippen molar-refractivity contribution in [3.8, 4) is 0 Å². The molecular weight excluding hydrogens is 354 g/mol. The Morgan fingerprint density at radius 3 is 1.86 bits per heavy atom. The van der Waals surface area contributed by atoms with Crippen LogP contribution in [0.15, 0.2) is 4.52 Å². The van der Waals surface area contributed by atoms with Crippen molar-refractivity contribution >= 4 is 11.8 Å². The predicted molar refractivity (Wildman–Crippen MR) is 109 cm³/mol. The third-order valence-corrected chi connectivity index (χ3v) is 6.22. The number of nitrogens with zero attached hydrogens (tertiary/aromatic N) is 1. The average Bonchev–Trinajstić information content (AvgIpc) is 3.00. The van der Waals surface area contributed by atoms with Crippen LogP contribution in [-0.2, 0) is 20.7 Å². The number of methoxy groups -OCH3 is 1. The number of hydrogen-bond acceptors (Lipinski definition) is 5. The van der Waals surface area contributed by atoms with Gasteiger partial charge in [0.25, 0.3) is 0 Å². The van der Waals surface area contributed by atoms with Crippen LogP contribution in [0.5, 0.6) is 0 Å². The second kappa shape index (κ2) is 8.72. The van der Waals surface area contributed by atoms with E-state index in [1.807, 2.05) is 13.8 Å². The molecule has 1 aromatic heterocycles. The largest absolute Gasteiger partial charge is 0.469 e. The highest BCUT2D eigenvalue weighted by Crippen LogP contribution is 2.30. The van der Waals surface area contributed by atoms with Gasteiger partial charge in [0.05, 0.1) is 19.2 Å². The van der Waals surface area contributed by atoms with Crippen molar-refractivity contribution in [3.63, 3.8) is 0 Å². The maximum Gasteiger partial charge on any atom is 0.306 e. The topological polar surface area (TPSA) is 69.4 Å². The molecule has 0 spiro atoms. The van der Waals surface area contributed by atoms with E-state index in [9.17, 15) is 9.59 Å². The highest BCUT2D eigenvalue weighted by Gasteiger charge is 2.26. The molecule has 0 unspecified atom stereocenters. The number of Topliss-reactive ketones (excluding diaryl/α,β-unsaturated/α-hetero) is 1. The van der Waals surface area contributed by atoms with E-state index in [2.05, 4.69) is 39.8 Å². The van der Waals surface area contributed by atoms with Crippen LogP contribution in [0.4, 0.5) is 0 Å². The lowest BCUT2D eigenvalue weighted by Crippen LogP contribution is -2.16. The van der Waals surface area contributed by atoms with Gasteiger partial charge in [-0.3, -0.25) is 9.59 Å². The summed E-state index contributed by atoms with van der Waals surface area (Å²) in [4.78, 5) is 24.9. The number of benzene rings is 1. The zero-order valence-corrected chi connectivity index (χ0v) is 18.3. The minimum absolute atomic E-state index is 0.0859. The van der Waals surface area contributed by atoms with Crippen LogP contribution in [0.25, 0.3) is 0 Å². The first kappa shape index (κ1) is 21.9. The van der Waals surface area contributed by atoms with Crippen molar-refractivity contribution in [1.82, 2.24) is 5.16 Å². The molecule has 0 bridgehead atoms. The Morgan fingerprint density at radius 2 is 1.39 bits per heavy atom. The van der Waals surface area contributed by atoms with Gasteiger partial charge >= 0.3 is 5.97 Å². The Morgan fingerprint density at radius 1 is 0.857 bits per heavy atom. The molecule has 0 fully saturated rings. The first-order valence-electron chi connectivity index (χ1n) is 9.65. The molecule has 1 heterocycles. The van der Waals surface area contributed by atoms with Gasteiger partial charge in [-0.1, -0.05) is 5.16 Å². The summed E-state index contributed by atoms with van der Waals surface area (Å²) in [6.45, 7) is 14.2. The van der Waals surface area contributed by atoms with Crippen LogP contribution in [0, 0.1) is 48.5 Å². The molecule has 2 rings (SSSR count). The van der Waals surface area contributed by atoms with Gasteiger partial charge in [-0.2, -0.15) is 0 Å². The zero-order chi connectivity index (χ0) is 21.2. The summed E-state index contributed by atoms with van der Waals surface area (Å²) in [5.74, 6) is 0.0921. The number of aryl methyl sites for hydroxylation is 1. The smallest absolute Gasteiger partial charge is 0.306 e. The summed E-state index contributed by atoms with van der Waals surface area (Å²) in [6, 6.07) is 0. The SMILES string of the molecule is COC(=O)C[C@@H](CC(=O)Cc1c(C)c(C)c(C)c(C)c1C)c1noc(C)c1C. The molecule has 5 nitrogen and oxygen atoms in total. The van der Waals surface area contributed by atoms with Crippen molar-refractivity contribution in [3.05, 3.63) is 50.4 Å². The number of aromatic nitrogens is 1. The molecule has 0 amide bonds. The highest BCUT2D eigenvalue weighted by atomic mass is 16.5. The predicted octanol–water partition coefficient (Wildman–Crippen LogP) is 4.68. The van der Waals surface area contributed by atoms with Gasteiger partial charge in [-0.05, 0) is 81.8 Å². The first-order chi connectivity index (χ1) is 13.1. The van der Waals surface area contributed by atoms with E-state index in [1.165, 1.54) is 34.9 Å². The quantitative estimate of drug-likeness (QED) is 0.647. The summed E-state index contributed by atoms with van der Waals surface area (Å²) >= 11 is 0. The summed E-state index contributed by atoms with van der Waals surface area (Å²) in [5.41, 5.74) is 8.75. The molecule has 28 heavy (non-hydrogen) atoms. The second-order valence-electron chi connectivity index (χ2n) is 7.75. The van der Waals surface area contributed by atoms with Crippen LogP contribution in [-0.4, -0.2) is 24.0 Å². The number of carbonyl (C=O) groups excluding carboxylic acids is 2. The van der Waals surface area contributed by atoms with Crippen LogP contribution in [0.2, 0.25) is 0 Å². The lowest BCUT2D eigenvalue weighted by molar-refractivity contribution is -0.141. The molecule has 0 N–H and O–H groups in total. The van der Waals surface area contributed by atoms with Gasteiger partial charge in [0.15, 0.2) is 0 Å². The Bertz CT molecular complexity index is 879. The maximum atomic E-state index is 13.0. The van der Waals surface area contributed by atoms with Crippen molar-refractivity contribution in [1.29, 1.82) is 0 Å². The summed E-state index contributed by atoms with van der Waals surface area (Å²) < 4.78 is 10.1. The lowest BCUT2D eigenvalue weighted by atomic mass is 9.85. The molecule has 2 aromatic rings. The summed E-state index contributed by atoms with van der Waals surface area (Å²) in [6.07, 6.45) is 0.693. The number of carbonyl (C=O) groups is 2. The number of esters is 1. The number of ketones is 1. The molecule has 0 saturated carbocycles. The molecule has 0 radical (unpaired) electrons. The molecule has 152 valence electrons. The highest BCUT2D eigenvalue weighted by molar-refractivity contribution is 5.83. The van der Waals surface area contributed by atoms with Crippen molar-refractivity contribution < 1.29 is 18.8 Å². The van der Waals surface area contributed by atoms with E-state index in [4.69, 9.17) is 9.26 Å². The minimum Gasteiger partial charge on any atom is -0.469 e. The van der Waals surface area contributed by atoms with Crippen molar-refractivity contribution in [2.24, 2.45) is 0 Å². The molecule has 0 aliphatic rings. The standard InChI is InChI=1S/C23H31NO4/c1-12-13(2)15(4)21(16(5)14(12)3)11-20(25)9-19(10-22(26)27-8)23-17(6)18(7)28-24-23/h19H,9-11H2,1-8H3/t19-/m1/s1. The van der Waals surface area contributed by atoms with E-state index < -0.39 is 0 Å².